The molecule has 3 aromatic rings. The summed E-state index contributed by atoms with van der Waals surface area (Å²) >= 11 is 3.49. The number of unbranched alkanes of at least 4 members (excludes halogenated alkanes) is 9. The van der Waals surface area contributed by atoms with Gasteiger partial charge in [-0.25, -0.2) is 4.57 Å². The maximum atomic E-state index is 5.93. The first-order chi connectivity index (χ1) is 17.2. The Balaban J connectivity index is 0.00000456. The van der Waals surface area contributed by atoms with Crippen molar-refractivity contribution in [2.75, 3.05) is 6.61 Å². The maximum absolute atomic E-state index is 5.93. The van der Waals surface area contributed by atoms with E-state index in [1.165, 1.54) is 74.5 Å². The summed E-state index contributed by atoms with van der Waals surface area (Å²) in [4.78, 5) is 0. The fourth-order valence-corrected chi connectivity index (χ4v) is 4.40. The fraction of sp³-hybridized carbons (Fsp3) is 0.406. The van der Waals surface area contributed by atoms with Crippen molar-refractivity contribution < 1.29 is 26.3 Å². The van der Waals surface area contributed by atoms with Gasteiger partial charge in [-0.05, 0) is 41.8 Å². The third-order valence-corrected chi connectivity index (χ3v) is 6.84. The predicted octanol–water partition coefficient (Wildman–Crippen LogP) is 6.26. The molecule has 0 unspecified atom stereocenters. The average molecular weight is 615 g/mol. The van der Waals surface area contributed by atoms with E-state index in [2.05, 4.69) is 113 Å². The summed E-state index contributed by atoms with van der Waals surface area (Å²) in [6.45, 7) is 3.97. The van der Waals surface area contributed by atoms with Gasteiger partial charge in [-0.1, -0.05) is 117 Å². The van der Waals surface area contributed by atoms with Crippen LogP contribution in [0.3, 0.4) is 0 Å². The Morgan fingerprint density at radius 1 is 0.667 bits per heavy atom. The van der Waals surface area contributed by atoms with Gasteiger partial charge in [0.1, 0.15) is 5.75 Å². The van der Waals surface area contributed by atoms with E-state index in [9.17, 15) is 0 Å². The van der Waals surface area contributed by atoms with Crippen molar-refractivity contribution in [2.45, 2.75) is 77.7 Å². The highest BCUT2D eigenvalue weighted by atomic mass is 79.9. The molecule has 0 atom stereocenters. The van der Waals surface area contributed by atoms with Crippen molar-refractivity contribution in [1.29, 1.82) is 0 Å². The molecular formula is C32H41Br2NO. The van der Waals surface area contributed by atoms with Crippen LogP contribution in [0.1, 0.15) is 87.8 Å². The highest BCUT2D eigenvalue weighted by molar-refractivity contribution is 9.10. The summed E-state index contributed by atoms with van der Waals surface area (Å²) in [5.74, 6) is 0.965. The molecule has 0 aliphatic rings. The van der Waals surface area contributed by atoms with E-state index in [-0.39, 0.29) is 17.0 Å². The molecule has 0 aliphatic heterocycles. The minimum Gasteiger partial charge on any atom is -1.00 e. The molecule has 0 fully saturated rings. The molecule has 2 aromatic carbocycles. The Kier molecular flexibility index (Phi) is 15.5. The quantitative estimate of drug-likeness (QED) is 0.137. The normalized spacial score (nSPS) is 10.9. The Morgan fingerprint density at radius 2 is 1.19 bits per heavy atom. The molecule has 0 radical (unpaired) electrons. The lowest BCUT2D eigenvalue weighted by atomic mass is 10.1. The summed E-state index contributed by atoms with van der Waals surface area (Å²) in [5, 5.41) is 0. The lowest BCUT2D eigenvalue weighted by molar-refractivity contribution is -0.688. The summed E-state index contributed by atoms with van der Waals surface area (Å²) in [5.41, 5.74) is 3.66. The number of aromatic nitrogens is 1. The molecule has 1 aromatic heterocycles. The molecule has 0 saturated carbocycles. The first-order valence-corrected chi connectivity index (χ1v) is 14.2. The molecule has 0 aliphatic carbocycles. The van der Waals surface area contributed by atoms with Crippen molar-refractivity contribution in [1.82, 2.24) is 0 Å². The van der Waals surface area contributed by atoms with Gasteiger partial charge in [-0.15, -0.1) is 0 Å². The van der Waals surface area contributed by atoms with Gasteiger partial charge in [0.25, 0.3) is 0 Å². The third kappa shape index (κ3) is 12.4. The van der Waals surface area contributed by atoms with E-state index in [1.54, 1.807) is 0 Å². The average Bonchev–Trinajstić information content (AvgIpc) is 2.89. The van der Waals surface area contributed by atoms with Gasteiger partial charge in [-0.3, -0.25) is 0 Å². The molecule has 194 valence electrons. The zero-order chi connectivity index (χ0) is 24.6. The smallest absolute Gasteiger partial charge is 0.173 e. The van der Waals surface area contributed by atoms with E-state index in [0.29, 0.717) is 0 Å². The molecule has 0 saturated heterocycles. The maximum Gasteiger partial charge on any atom is 0.173 e. The fourth-order valence-electron chi connectivity index (χ4n) is 4.13. The predicted molar refractivity (Wildman–Crippen MR) is 153 cm³/mol. The van der Waals surface area contributed by atoms with Crippen LogP contribution in [-0.2, 0) is 6.54 Å². The minimum atomic E-state index is 0. The van der Waals surface area contributed by atoms with Gasteiger partial charge >= 0.3 is 0 Å². The molecule has 2 nitrogen and oxygen atoms in total. The molecule has 0 N–H and O–H groups in total. The molecule has 36 heavy (non-hydrogen) atoms. The number of hydrogen-bond acceptors (Lipinski definition) is 1. The van der Waals surface area contributed by atoms with Crippen LogP contribution in [0.4, 0.5) is 0 Å². The van der Waals surface area contributed by atoms with Gasteiger partial charge in [-0.2, -0.15) is 0 Å². The number of ether oxygens (including phenoxy) is 1. The van der Waals surface area contributed by atoms with Crippen LogP contribution >= 0.6 is 15.9 Å². The number of hydrogen-bond donors (Lipinski definition) is 0. The van der Waals surface area contributed by atoms with Crippen LogP contribution in [0.15, 0.2) is 77.5 Å². The van der Waals surface area contributed by atoms with Crippen molar-refractivity contribution in [2.24, 2.45) is 0 Å². The lowest BCUT2D eigenvalue weighted by Crippen LogP contribution is -3.00. The van der Waals surface area contributed by atoms with Gasteiger partial charge in [0.15, 0.2) is 18.9 Å². The number of pyridine rings is 1. The van der Waals surface area contributed by atoms with Crippen molar-refractivity contribution >= 4 is 28.1 Å². The molecule has 3 rings (SSSR count). The minimum absolute atomic E-state index is 0. The topological polar surface area (TPSA) is 13.1 Å². The number of rotatable bonds is 16. The number of halogens is 2. The summed E-state index contributed by atoms with van der Waals surface area (Å²) in [6.07, 6.45) is 22.1. The summed E-state index contributed by atoms with van der Waals surface area (Å²) in [6, 6.07) is 21.2. The van der Waals surface area contributed by atoms with E-state index in [4.69, 9.17) is 4.74 Å². The second-order valence-electron chi connectivity index (χ2n) is 9.36. The van der Waals surface area contributed by atoms with Gasteiger partial charge in [0.2, 0.25) is 0 Å². The second kappa shape index (κ2) is 18.4. The van der Waals surface area contributed by atoms with Crippen LogP contribution in [-0.4, -0.2) is 6.61 Å². The van der Waals surface area contributed by atoms with Crippen LogP contribution in [0, 0.1) is 0 Å². The first kappa shape index (κ1) is 30.3. The monoisotopic (exact) mass is 613 g/mol. The Bertz CT molecular complexity index is 982. The van der Waals surface area contributed by atoms with E-state index >= 15 is 0 Å². The zero-order valence-electron chi connectivity index (χ0n) is 21.7. The van der Waals surface area contributed by atoms with Crippen LogP contribution in [0.2, 0.25) is 0 Å². The summed E-state index contributed by atoms with van der Waals surface area (Å²) < 4.78 is 9.24. The standard InChI is InChI=1S/C32H41BrNO.BrH/c1-2-3-4-5-6-7-8-9-10-11-26-35-32-20-16-28(17-21-32)12-13-29-22-24-34(25-23-29)27-30-14-18-31(33)19-15-30;/h12-25H,2-11,26-27H2,1H3;1H/q+1;/p-1/b13-12+;. The molecule has 1 heterocycles. The molecule has 0 bridgehead atoms. The zero-order valence-corrected chi connectivity index (χ0v) is 24.9. The molecular weight excluding hydrogens is 574 g/mol. The second-order valence-corrected chi connectivity index (χ2v) is 10.3. The van der Waals surface area contributed by atoms with Crippen molar-refractivity contribution in [3.8, 4) is 5.75 Å². The van der Waals surface area contributed by atoms with Crippen LogP contribution < -0.4 is 26.3 Å². The molecule has 0 spiro atoms. The number of benzene rings is 2. The van der Waals surface area contributed by atoms with E-state index < -0.39 is 0 Å². The third-order valence-electron chi connectivity index (χ3n) is 6.31. The lowest BCUT2D eigenvalue weighted by Gasteiger charge is -2.06. The first-order valence-electron chi connectivity index (χ1n) is 13.4. The largest absolute Gasteiger partial charge is 1.00 e. The number of nitrogens with zero attached hydrogens (tertiary/aromatic N) is 1. The Morgan fingerprint density at radius 3 is 1.78 bits per heavy atom. The SMILES string of the molecule is CCCCCCCCCCCCOc1ccc(/C=C/c2cc[n+](Cc3ccc(Br)cc3)cc2)cc1.[Br-]. The Labute approximate surface area is 237 Å². The van der Waals surface area contributed by atoms with E-state index in [1.807, 2.05) is 0 Å². The Hall–Kier alpha value is -1.91. The van der Waals surface area contributed by atoms with Crippen LogP contribution in [0.25, 0.3) is 12.2 Å². The summed E-state index contributed by atoms with van der Waals surface area (Å²) in [7, 11) is 0. The van der Waals surface area contributed by atoms with Gasteiger partial charge < -0.3 is 21.7 Å². The van der Waals surface area contributed by atoms with Gasteiger partial charge in [0.05, 0.1) is 6.61 Å². The molecule has 0 amide bonds. The molecule has 4 heteroatoms. The van der Waals surface area contributed by atoms with Gasteiger partial charge in [0, 0.05) is 22.2 Å². The van der Waals surface area contributed by atoms with Crippen molar-refractivity contribution in [3.05, 3.63) is 94.2 Å². The van der Waals surface area contributed by atoms with Crippen LogP contribution in [0.5, 0.6) is 5.75 Å². The van der Waals surface area contributed by atoms with Crippen molar-refractivity contribution in [3.63, 3.8) is 0 Å². The highest BCUT2D eigenvalue weighted by Gasteiger charge is 2.02. The highest BCUT2D eigenvalue weighted by Crippen LogP contribution is 2.16. The van der Waals surface area contributed by atoms with E-state index in [0.717, 1.165) is 29.8 Å².